The Morgan fingerprint density at radius 2 is 1.84 bits per heavy atom. The molecule has 0 atom stereocenters. The number of benzene rings is 2. The Bertz CT molecular complexity index is 1460. The fraction of sp³-hybridized carbons (Fsp3) is 0.333. The Balaban J connectivity index is 1.66. The molecule has 0 spiro atoms. The minimum absolute atomic E-state index is 0.0725. The summed E-state index contributed by atoms with van der Waals surface area (Å²) in [5, 5.41) is 0.752. The predicted octanol–water partition coefficient (Wildman–Crippen LogP) is 4.91. The molecule has 0 bridgehead atoms. The van der Waals surface area contributed by atoms with Crippen molar-refractivity contribution in [3.8, 4) is 11.1 Å². The van der Waals surface area contributed by atoms with Gasteiger partial charge < -0.3 is 19.6 Å². The van der Waals surface area contributed by atoms with E-state index in [0.29, 0.717) is 33.8 Å². The summed E-state index contributed by atoms with van der Waals surface area (Å²) in [4.78, 5) is 20.1. The summed E-state index contributed by atoms with van der Waals surface area (Å²) in [6.07, 6.45) is 3.92. The first kappa shape index (κ1) is 19.3. The Morgan fingerprint density at radius 1 is 1.09 bits per heavy atom. The predicted molar refractivity (Wildman–Crippen MR) is 120 cm³/mol. The van der Waals surface area contributed by atoms with Crippen LogP contribution in [0.25, 0.3) is 33.1 Å². The summed E-state index contributed by atoms with van der Waals surface area (Å²) < 4.78 is 36.8. The van der Waals surface area contributed by atoms with Gasteiger partial charge in [-0.1, -0.05) is 6.07 Å². The quantitative estimate of drug-likeness (QED) is 0.462. The molecule has 32 heavy (non-hydrogen) atoms. The number of nitrogen functional groups attached to an aromatic ring is 1. The van der Waals surface area contributed by atoms with Gasteiger partial charge in [-0.05, 0) is 55.9 Å². The number of rotatable bonds is 3. The second kappa shape index (κ2) is 6.79. The monoisotopic (exact) mass is 436 g/mol. The zero-order valence-electron chi connectivity index (χ0n) is 17.6. The van der Waals surface area contributed by atoms with Gasteiger partial charge in [0.2, 0.25) is 0 Å². The molecular weight excluding hydrogens is 414 g/mol. The summed E-state index contributed by atoms with van der Waals surface area (Å²) >= 11 is 0. The van der Waals surface area contributed by atoms with Crippen molar-refractivity contribution in [3.05, 3.63) is 51.8 Å². The molecule has 0 amide bonds. The number of pyridine rings is 1. The smallest absolute Gasteiger partial charge is 0.298 e. The van der Waals surface area contributed by atoms with Gasteiger partial charge in [-0.2, -0.15) is 4.98 Å². The highest BCUT2D eigenvalue weighted by atomic mass is 19.1. The lowest BCUT2D eigenvalue weighted by molar-refractivity contribution is 0.587. The van der Waals surface area contributed by atoms with Crippen molar-refractivity contribution in [2.24, 2.45) is 0 Å². The third-order valence-corrected chi connectivity index (χ3v) is 6.62. The Morgan fingerprint density at radius 3 is 2.56 bits per heavy atom. The number of hydrogen-bond acceptors (Lipinski definition) is 5. The van der Waals surface area contributed by atoms with Crippen molar-refractivity contribution in [2.45, 2.75) is 38.6 Å². The molecule has 6 rings (SSSR count). The highest BCUT2D eigenvalue weighted by molar-refractivity contribution is 6.04. The molecule has 6 nitrogen and oxygen atoms in total. The number of nitrogens with two attached hydrogens (primary N) is 1. The maximum Gasteiger partial charge on any atom is 0.298 e. The lowest BCUT2D eigenvalue weighted by Gasteiger charge is -2.16. The molecular formula is C24H22F2N4O2. The maximum atomic E-state index is 14.7. The van der Waals surface area contributed by atoms with Gasteiger partial charge in [-0.15, -0.1) is 0 Å². The molecule has 1 saturated carbocycles. The minimum Gasteiger partial charge on any atom is -0.422 e. The van der Waals surface area contributed by atoms with Crippen LogP contribution >= 0.6 is 0 Å². The molecule has 2 fully saturated rings. The molecule has 2 aliphatic rings. The van der Waals surface area contributed by atoms with Gasteiger partial charge in [-0.3, -0.25) is 4.79 Å². The molecule has 1 aliphatic carbocycles. The van der Waals surface area contributed by atoms with Gasteiger partial charge in [0, 0.05) is 36.1 Å². The zero-order chi connectivity index (χ0) is 22.1. The van der Waals surface area contributed by atoms with E-state index in [-0.39, 0.29) is 22.9 Å². The van der Waals surface area contributed by atoms with Crippen molar-refractivity contribution in [1.29, 1.82) is 0 Å². The summed E-state index contributed by atoms with van der Waals surface area (Å²) in [6, 6.07) is 6.19. The Labute approximate surface area is 182 Å². The van der Waals surface area contributed by atoms with Gasteiger partial charge in [0.15, 0.2) is 11.1 Å². The molecule has 2 aromatic heterocycles. The second-order valence-electron chi connectivity index (χ2n) is 8.76. The van der Waals surface area contributed by atoms with E-state index in [1.165, 1.54) is 0 Å². The molecule has 164 valence electrons. The minimum atomic E-state index is -0.679. The fourth-order valence-electron chi connectivity index (χ4n) is 4.83. The van der Waals surface area contributed by atoms with Gasteiger partial charge in [-0.25, -0.2) is 8.78 Å². The highest BCUT2D eigenvalue weighted by Crippen LogP contribution is 2.41. The number of oxazole rings is 1. The van der Waals surface area contributed by atoms with Crippen LogP contribution in [0.15, 0.2) is 33.5 Å². The molecule has 4 aromatic rings. The molecule has 0 radical (unpaired) electrons. The molecule has 8 heteroatoms. The average molecular weight is 436 g/mol. The first-order chi connectivity index (χ1) is 15.4. The van der Waals surface area contributed by atoms with Crippen LogP contribution in [-0.2, 0) is 0 Å². The lowest BCUT2D eigenvalue weighted by atomic mass is 9.96. The van der Waals surface area contributed by atoms with Crippen molar-refractivity contribution in [3.63, 3.8) is 0 Å². The van der Waals surface area contributed by atoms with E-state index in [1.807, 2.05) is 13.0 Å². The van der Waals surface area contributed by atoms with Crippen LogP contribution in [0.5, 0.6) is 0 Å². The van der Waals surface area contributed by atoms with Crippen LogP contribution in [0.1, 0.15) is 37.3 Å². The van der Waals surface area contributed by atoms with E-state index in [1.54, 1.807) is 10.6 Å². The van der Waals surface area contributed by atoms with Gasteiger partial charge in [0.05, 0.1) is 11.2 Å². The molecule has 1 saturated heterocycles. The number of nitrogens with zero attached hydrogens (tertiary/aromatic N) is 3. The van der Waals surface area contributed by atoms with Gasteiger partial charge >= 0.3 is 0 Å². The molecule has 2 aromatic carbocycles. The van der Waals surface area contributed by atoms with Crippen LogP contribution in [-0.4, -0.2) is 22.6 Å². The SMILES string of the molecule is Cc1c(-c2cc(F)c(N)cc2F)ccc2c3oc(N4CCCC4)nc3c(=O)n(C3CC3)c12. The standard InChI is InChI=1S/C24H22F2N4O2/c1-12-14(16-10-18(26)19(27)11-17(16)25)6-7-15-21(12)30(13-4-5-13)23(31)20-22(15)32-24(28-20)29-8-2-3-9-29/h6-7,10-11,13H,2-5,8-9,27H2,1H3. The number of aromatic nitrogens is 2. The number of fused-ring (bicyclic) bond motifs is 3. The Kier molecular flexibility index (Phi) is 4.09. The summed E-state index contributed by atoms with van der Waals surface area (Å²) in [5.41, 5.74) is 7.85. The molecule has 0 unspecified atom stereocenters. The molecule has 3 heterocycles. The van der Waals surface area contributed by atoms with Crippen molar-refractivity contribution >= 4 is 33.7 Å². The van der Waals surface area contributed by atoms with Crippen LogP contribution in [0, 0.1) is 18.6 Å². The van der Waals surface area contributed by atoms with Crippen molar-refractivity contribution in [2.75, 3.05) is 23.7 Å². The van der Waals surface area contributed by atoms with E-state index >= 15 is 0 Å². The summed E-state index contributed by atoms with van der Waals surface area (Å²) in [5.74, 6) is -1.29. The number of anilines is 2. The first-order valence-corrected chi connectivity index (χ1v) is 10.9. The molecule has 2 N–H and O–H groups in total. The van der Waals surface area contributed by atoms with Crippen LogP contribution in [0.3, 0.4) is 0 Å². The first-order valence-electron chi connectivity index (χ1n) is 10.9. The van der Waals surface area contributed by atoms with E-state index < -0.39 is 11.6 Å². The summed E-state index contributed by atoms with van der Waals surface area (Å²) in [7, 11) is 0. The third-order valence-electron chi connectivity index (χ3n) is 6.62. The normalized spacial score (nSPS) is 16.5. The van der Waals surface area contributed by atoms with Gasteiger partial charge in [0.1, 0.15) is 11.6 Å². The number of halogens is 2. The Hall–Kier alpha value is -3.42. The third kappa shape index (κ3) is 2.75. The largest absolute Gasteiger partial charge is 0.422 e. The summed E-state index contributed by atoms with van der Waals surface area (Å²) in [6.45, 7) is 3.53. The van der Waals surface area contributed by atoms with Crippen molar-refractivity contribution < 1.29 is 13.2 Å². The lowest BCUT2D eigenvalue weighted by Crippen LogP contribution is -2.21. The van der Waals surface area contributed by atoms with E-state index in [0.717, 1.165) is 56.3 Å². The average Bonchev–Trinajstić information content (AvgIpc) is 3.25. The number of hydrogen-bond donors (Lipinski definition) is 1. The van der Waals surface area contributed by atoms with E-state index in [4.69, 9.17) is 10.2 Å². The second-order valence-corrected chi connectivity index (χ2v) is 8.76. The van der Waals surface area contributed by atoms with Crippen LogP contribution in [0.4, 0.5) is 20.5 Å². The van der Waals surface area contributed by atoms with E-state index in [9.17, 15) is 13.6 Å². The van der Waals surface area contributed by atoms with Crippen molar-refractivity contribution in [1.82, 2.24) is 9.55 Å². The topological polar surface area (TPSA) is 77.3 Å². The van der Waals surface area contributed by atoms with Crippen LogP contribution in [0.2, 0.25) is 0 Å². The number of aryl methyl sites for hydroxylation is 1. The van der Waals surface area contributed by atoms with E-state index in [2.05, 4.69) is 9.88 Å². The zero-order valence-corrected chi connectivity index (χ0v) is 17.6. The van der Waals surface area contributed by atoms with Crippen LogP contribution < -0.4 is 16.2 Å². The molecule has 1 aliphatic heterocycles. The maximum absolute atomic E-state index is 14.7. The fourth-order valence-corrected chi connectivity index (χ4v) is 4.83. The highest BCUT2D eigenvalue weighted by Gasteiger charge is 2.31. The van der Waals surface area contributed by atoms with Gasteiger partial charge in [0.25, 0.3) is 11.6 Å².